The van der Waals surface area contributed by atoms with Crippen LogP contribution in [-0.2, 0) is 0 Å². The molecule has 0 radical (unpaired) electrons. The largest absolute Gasteiger partial charge is 0.383 e. The summed E-state index contributed by atoms with van der Waals surface area (Å²) in [5.41, 5.74) is 5.92. The fourth-order valence-corrected chi connectivity index (χ4v) is 1.52. The zero-order chi connectivity index (χ0) is 14.2. The summed E-state index contributed by atoms with van der Waals surface area (Å²) < 4.78 is 39.4. The molecule has 1 aromatic carbocycles. The van der Waals surface area contributed by atoms with Crippen LogP contribution in [0.4, 0.5) is 30.5 Å². The van der Waals surface area contributed by atoms with Gasteiger partial charge in [0.25, 0.3) is 0 Å². The molecule has 0 aliphatic heterocycles. The SMILES string of the molecule is Cc1nc(N)c(C)c(Nc2cc(F)c(F)cc2F)n1. The predicted molar refractivity (Wildman–Crippen MR) is 65.5 cm³/mol. The van der Waals surface area contributed by atoms with E-state index < -0.39 is 17.5 Å². The summed E-state index contributed by atoms with van der Waals surface area (Å²) in [5.74, 6) is -2.46. The standard InChI is InChI=1S/C12H11F3N4/c1-5-11(16)17-6(2)18-12(5)19-10-4-8(14)7(13)3-9(10)15/h3-4H,1-2H3,(H3,16,17,18,19). The molecule has 2 rings (SSSR count). The second kappa shape index (κ2) is 4.75. The Morgan fingerprint density at radius 2 is 1.63 bits per heavy atom. The Balaban J connectivity index is 2.44. The lowest BCUT2D eigenvalue weighted by atomic mass is 10.2. The number of aryl methyl sites for hydroxylation is 1. The fourth-order valence-electron chi connectivity index (χ4n) is 1.52. The van der Waals surface area contributed by atoms with Crippen molar-refractivity contribution in [1.82, 2.24) is 9.97 Å². The number of anilines is 3. The number of hydrogen-bond donors (Lipinski definition) is 2. The molecule has 100 valence electrons. The van der Waals surface area contributed by atoms with Gasteiger partial charge in [0, 0.05) is 17.7 Å². The van der Waals surface area contributed by atoms with Crippen molar-refractivity contribution in [1.29, 1.82) is 0 Å². The van der Waals surface area contributed by atoms with Crippen LogP contribution in [0, 0.1) is 31.3 Å². The van der Waals surface area contributed by atoms with Gasteiger partial charge < -0.3 is 11.1 Å². The lowest BCUT2D eigenvalue weighted by Crippen LogP contribution is -2.06. The minimum absolute atomic E-state index is 0.223. The zero-order valence-electron chi connectivity index (χ0n) is 10.3. The maximum Gasteiger partial charge on any atom is 0.161 e. The van der Waals surface area contributed by atoms with E-state index in [1.54, 1.807) is 13.8 Å². The second-order valence-electron chi connectivity index (χ2n) is 4.00. The van der Waals surface area contributed by atoms with Crippen LogP contribution < -0.4 is 11.1 Å². The van der Waals surface area contributed by atoms with Crippen LogP contribution in [0.25, 0.3) is 0 Å². The van der Waals surface area contributed by atoms with Crippen molar-refractivity contribution in [3.8, 4) is 0 Å². The maximum atomic E-state index is 13.5. The van der Waals surface area contributed by atoms with Gasteiger partial charge in [-0.05, 0) is 13.8 Å². The molecular formula is C12H11F3N4. The molecule has 4 nitrogen and oxygen atoms in total. The Kier molecular flexibility index (Phi) is 3.28. The van der Waals surface area contributed by atoms with E-state index in [0.717, 1.165) is 6.07 Å². The van der Waals surface area contributed by atoms with Crippen LogP contribution in [0.3, 0.4) is 0 Å². The van der Waals surface area contributed by atoms with Gasteiger partial charge in [-0.2, -0.15) is 0 Å². The highest BCUT2D eigenvalue weighted by molar-refractivity contribution is 5.64. The van der Waals surface area contributed by atoms with E-state index >= 15 is 0 Å². The molecule has 0 fully saturated rings. The van der Waals surface area contributed by atoms with Crippen molar-refractivity contribution < 1.29 is 13.2 Å². The van der Waals surface area contributed by atoms with Gasteiger partial charge >= 0.3 is 0 Å². The number of nitrogens with one attached hydrogen (secondary N) is 1. The first-order chi connectivity index (χ1) is 8.88. The Morgan fingerprint density at radius 1 is 1.00 bits per heavy atom. The predicted octanol–water partition coefficient (Wildman–Crippen LogP) is 2.84. The fraction of sp³-hybridized carbons (Fsp3) is 0.167. The van der Waals surface area contributed by atoms with Gasteiger partial charge in [-0.25, -0.2) is 23.1 Å². The minimum atomic E-state index is -1.25. The van der Waals surface area contributed by atoms with Crippen LogP contribution >= 0.6 is 0 Å². The third-order valence-electron chi connectivity index (χ3n) is 2.56. The van der Waals surface area contributed by atoms with Crippen LogP contribution in [0.5, 0.6) is 0 Å². The van der Waals surface area contributed by atoms with Gasteiger partial charge in [0.2, 0.25) is 0 Å². The molecule has 0 unspecified atom stereocenters. The molecule has 0 saturated heterocycles. The third-order valence-corrected chi connectivity index (χ3v) is 2.56. The molecule has 19 heavy (non-hydrogen) atoms. The summed E-state index contributed by atoms with van der Waals surface area (Å²) in [6.07, 6.45) is 0. The molecule has 1 heterocycles. The van der Waals surface area contributed by atoms with Crippen molar-refractivity contribution >= 4 is 17.3 Å². The number of nitrogens with zero attached hydrogens (tertiary/aromatic N) is 2. The van der Waals surface area contributed by atoms with Crippen molar-refractivity contribution in [2.45, 2.75) is 13.8 Å². The normalized spacial score (nSPS) is 10.6. The maximum absolute atomic E-state index is 13.5. The monoisotopic (exact) mass is 268 g/mol. The Bertz CT molecular complexity index is 643. The van der Waals surface area contributed by atoms with Crippen LogP contribution in [-0.4, -0.2) is 9.97 Å². The van der Waals surface area contributed by atoms with E-state index in [1.165, 1.54) is 0 Å². The lowest BCUT2D eigenvalue weighted by molar-refractivity contribution is 0.496. The average Bonchev–Trinajstić information content (AvgIpc) is 2.32. The lowest BCUT2D eigenvalue weighted by Gasteiger charge is -2.11. The molecule has 3 N–H and O–H groups in total. The molecule has 0 atom stereocenters. The Labute approximate surface area is 107 Å². The Morgan fingerprint density at radius 3 is 2.32 bits per heavy atom. The van der Waals surface area contributed by atoms with Gasteiger partial charge in [0.1, 0.15) is 23.3 Å². The summed E-state index contributed by atoms with van der Waals surface area (Å²) in [7, 11) is 0. The molecular weight excluding hydrogens is 257 g/mol. The highest BCUT2D eigenvalue weighted by Gasteiger charge is 2.13. The molecule has 0 amide bonds. The number of aromatic nitrogens is 2. The quantitative estimate of drug-likeness (QED) is 0.822. The van der Waals surface area contributed by atoms with Crippen molar-refractivity contribution in [3.05, 3.63) is 41.0 Å². The van der Waals surface area contributed by atoms with E-state index in [1.807, 2.05) is 0 Å². The smallest absolute Gasteiger partial charge is 0.161 e. The first kappa shape index (κ1) is 13.1. The van der Waals surface area contributed by atoms with Crippen LogP contribution in [0.15, 0.2) is 12.1 Å². The summed E-state index contributed by atoms with van der Waals surface area (Å²) in [6, 6.07) is 1.18. The molecule has 0 spiro atoms. The van der Waals surface area contributed by atoms with Gasteiger partial charge in [-0.15, -0.1) is 0 Å². The second-order valence-corrected chi connectivity index (χ2v) is 4.00. The molecule has 0 bridgehead atoms. The van der Waals surface area contributed by atoms with E-state index in [2.05, 4.69) is 15.3 Å². The third kappa shape index (κ3) is 2.59. The van der Waals surface area contributed by atoms with Gasteiger partial charge in [0.15, 0.2) is 11.6 Å². The molecule has 0 aliphatic rings. The van der Waals surface area contributed by atoms with Crippen LogP contribution in [0.2, 0.25) is 0 Å². The van der Waals surface area contributed by atoms with Crippen molar-refractivity contribution in [2.75, 3.05) is 11.1 Å². The summed E-state index contributed by atoms with van der Waals surface area (Å²) in [5, 5.41) is 2.58. The molecule has 1 aromatic heterocycles. The molecule has 0 aliphatic carbocycles. The number of benzene rings is 1. The first-order valence-corrected chi connectivity index (χ1v) is 5.40. The van der Waals surface area contributed by atoms with Gasteiger partial charge in [-0.1, -0.05) is 0 Å². The number of halogens is 3. The number of nitrogens with two attached hydrogens (primary N) is 1. The highest BCUT2D eigenvalue weighted by Crippen LogP contribution is 2.25. The molecule has 2 aromatic rings. The topological polar surface area (TPSA) is 63.8 Å². The van der Waals surface area contributed by atoms with Crippen LogP contribution in [0.1, 0.15) is 11.4 Å². The number of rotatable bonds is 2. The molecule has 0 saturated carbocycles. The van der Waals surface area contributed by atoms with Crippen molar-refractivity contribution in [2.24, 2.45) is 0 Å². The van der Waals surface area contributed by atoms with E-state index in [9.17, 15) is 13.2 Å². The van der Waals surface area contributed by atoms with E-state index in [4.69, 9.17) is 5.73 Å². The zero-order valence-corrected chi connectivity index (χ0v) is 10.3. The summed E-state index contributed by atoms with van der Waals surface area (Å²) in [6.45, 7) is 3.25. The first-order valence-electron chi connectivity index (χ1n) is 5.40. The number of hydrogen-bond acceptors (Lipinski definition) is 4. The minimum Gasteiger partial charge on any atom is -0.383 e. The average molecular weight is 268 g/mol. The number of nitrogen functional groups attached to an aromatic ring is 1. The molecule has 7 heteroatoms. The van der Waals surface area contributed by atoms with E-state index in [-0.39, 0.29) is 17.3 Å². The highest BCUT2D eigenvalue weighted by atomic mass is 19.2. The summed E-state index contributed by atoms with van der Waals surface area (Å²) >= 11 is 0. The van der Waals surface area contributed by atoms with Crippen molar-refractivity contribution in [3.63, 3.8) is 0 Å². The van der Waals surface area contributed by atoms with Gasteiger partial charge in [-0.3, -0.25) is 0 Å². The van der Waals surface area contributed by atoms with Gasteiger partial charge in [0.05, 0.1) is 5.69 Å². The summed E-state index contributed by atoms with van der Waals surface area (Å²) in [4.78, 5) is 7.97. The van der Waals surface area contributed by atoms with E-state index in [0.29, 0.717) is 17.5 Å². The Hall–Kier alpha value is -2.31.